The fraction of sp³-hybridized carbons (Fsp3) is 0.235. The van der Waals surface area contributed by atoms with Gasteiger partial charge in [-0.2, -0.15) is 0 Å². The fourth-order valence-corrected chi connectivity index (χ4v) is 2.27. The van der Waals surface area contributed by atoms with Crippen molar-refractivity contribution in [3.05, 3.63) is 60.0 Å². The highest BCUT2D eigenvalue weighted by Crippen LogP contribution is 2.22. The van der Waals surface area contributed by atoms with Gasteiger partial charge in [0.15, 0.2) is 12.3 Å². The summed E-state index contributed by atoms with van der Waals surface area (Å²) in [5, 5.41) is 0. The Bertz CT molecular complexity index is 775. The third-order valence-electron chi connectivity index (χ3n) is 3.35. The average molecular weight is 315 g/mol. The van der Waals surface area contributed by atoms with Gasteiger partial charge in [-0.05, 0) is 19.1 Å². The van der Waals surface area contributed by atoms with Crippen LogP contribution in [0.5, 0.6) is 0 Å². The molecule has 0 aliphatic heterocycles. The number of fused-ring (bicyclic) bond motifs is 1. The Hall–Kier alpha value is -2.57. The molecule has 0 radical (unpaired) electrons. The smallest absolute Gasteiger partial charge is 0.339 e. The van der Waals surface area contributed by atoms with E-state index in [2.05, 4.69) is 0 Å². The lowest BCUT2D eigenvalue weighted by Crippen LogP contribution is -2.12. The van der Waals surface area contributed by atoms with Crippen molar-refractivity contribution >= 4 is 17.1 Å². The van der Waals surface area contributed by atoms with Gasteiger partial charge < -0.3 is 13.7 Å². The molecule has 0 aliphatic rings. The molecule has 3 rings (SSSR count). The van der Waals surface area contributed by atoms with Gasteiger partial charge in [0.1, 0.15) is 6.61 Å². The maximum absolute atomic E-state index is 12.1. The molecule has 6 heteroatoms. The standard InChI is InChI=1S/C17H17NO5/c1-2-22-23-11-14-10-16-15(8-9-20-16)18(14)12-21-17(19)13-6-4-3-5-7-13/h3-10H,2,11-12H2,1H3. The normalized spacial score (nSPS) is 11.0. The minimum absolute atomic E-state index is 0.0710. The number of hydrogen-bond acceptors (Lipinski definition) is 5. The van der Waals surface area contributed by atoms with E-state index in [0.29, 0.717) is 17.8 Å². The summed E-state index contributed by atoms with van der Waals surface area (Å²) in [7, 11) is 0. The molecule has 23 heavy (non-hydrogen) atoms. The van der Waals surface area contributed by atoms with Gasteiger partial charge in [0.2, 0.25) is 0 Å². The number of esters is 1. The van der Waals surface area contributed by atoms with Gasteiger partial charge in [-0.1, -0.05) is 18.2 Å². The summed E-state index contributed by atoms with van der Waals surface area (Å²) >= 11 is 0. The van der Waals surface area contributed by atoms with Crippen molar-refractivity contribution in [1.29, 1.82) is 0 Å². The monoisotopic (exact) mass is 315 g/mol. The Balaban J connectivity index is 1.74. The van der Waals surface area contributed by atoms with E-state index in [1.54, 1.807) is 30.5 Å². The van der Waals surface area contributed by atoms with Gasteiger partial charge in [-0.3, -0.25) is 0 Å². The number of nitrogens with zero attached hydrogens (tertiary/aromatic N) is 1. The Morgan fingerprint density at radius 3 is 2.78 bits per heavy atom. The predicted octanol–water partition coefficient (Wildman–Crippen LogP) is 3.52. The van der Waals surface area contributed by atoms with E-state index >= 15 is 0 Å². The van der Waals surface area contributed by atoms with Crippen molar-refractivity contribution < 1.29 is 23.7 Å². The van der Waals surface area contributed by atoms with Crippen LogP contribution in [0.25, 0.3) is 11.1 Å². The van der Waals surface area contributed by atoms with E-state index in [1.165, 1.54) is 0 Å². The molecule has 2 aromatic heterocycles. The number of hydrogen-bond donors (Lipinski definition) is 0. The first-order chi connectivity index (χ1) is 11.3. The van der Waals surface area contributed by atoms with Gasteiger partial charge in [0, 0.05) is 12.1 Å². The van der Waals surface area contributed by atoms with E-state index in [4.69, 9.17) is 18.9 Å². The minimum atomic E-state index is -0.382. The van der Waals surface area contributed by atoms with Crippen molar-refractivity contribution in [3.63, 3.8) is 0 Å². The molecule has 0 atom stereocenters. The molecule has 120 valence electrons. The summed E-state index contributed by atoms with van der Waals surface area (Å²) in [5.41, 5.74) is 2.85. The van der Waals surface area contributed by atoms with Crippen LogP contribution < -0.4 is 0 Å². The summed E-state index contributed by atoms with van der Waals surface area (Å²) in [6.07, 6.45) is 1.59. The largest absolute Gasteiger partial charge is 0.463 e. The van der Waals surface area contributed by atoms with Crippen molar-refractivity contribution in [3.8, 4) is 0 Å². The summed E-state index contributed by atoms with van der Waals surface area (Å²) < 4.78 is 12.6. The first-order valence-corrected chi connectivity index (χ1v) is 7.31. The molecular weight excluding hydrogens is 298 g/mol. The van der Waals surface area contributed by atoms with Crippen LogP contribution in [0.4, 0.5) is 0 Å². The molecule has 0 spiro atoms. The molecule has 6 nitrogen and oxygen atoms in total. The summed E-state index contributed by atoms with van der Waals surface area (Å²) in [4.78, 5) is 22.1. The summed E-state index contributed by atoms with van der Waals surface area (Å²) in [5.74, 6) is -0.382. The van der Waals surface area contributed by atoms with Gasteiger partial charge in [-0.15, -0.1) is 0 Å². The highest BCUT2D eigenvalue weighted by molar-refractivity contribution is 5.89. The Kier molecular flexibility index (Phi) is 4.75. The third-order valence-corrected chi connectivity index (χ3v) is 3.35. The molecule has 0 bridgehead atoms. The van der Waals surface area contributed by atoms with E-state index < -0.39 is 0 Å². The lowest BCUT2D eigenvalue weighted by molar-refractivity contribution is -0.301. The SMILES string of the molecule is CCOOCc1cc2occc2n1COC(=O)c1ccccc1. The average Bonchev–Trinajstić information content (AvgIpc) is 3.15. The quantitative estimate of drug-likeness (QED) is 0.289. The van der Waals surface area contributed by atoms with Gasteiger partial charge in [0.25, 0.3) is 0 Å². The van der Waals surface area contributed by atoms with Crippen molar-refractivity contribution in [1.82, 2.24) is 4.57 Å². The second kappa shape index (κ2) is 7.13. The van der Waals surface area contributed by atoms with Crippen molar-refractivity contribution in [2.75, 3.05) is 6.61 Å². The van der Waals surface area contributed by atoms with Crippen LogP contribution in [0.15, 0.2) is 53.1 Å². The highest BCUT2D eigenvalue weighted by Gasteiger charge is 2.14. The first-order valence-electron chi connectivity index (χ1n) is 7.31. The number of furan rings is 1. The number of carbonyl (C=O) groups excluding carboxylic acids is 1. The number of aromatic nitrogens is 1. The van der Waals surface area contributed by atoms with Crippen LogP contribution in [0.2, 0.25) is 0 Å². The number of rotatable bonds is 7. The van der Waals surface area contributed by atoms with Crippen LogP contribution in [0.3, 0.4) is 0 Å². The van der Waals surface area contributed by atoms with Crippen molar-refractivity contribution in [2.45, 2.75) is 20.3 Å². The molecule has 0 fully saturated rings. The van der Waals surface area contributed by atoms with Crippen LogP contribution in [-0.2, 0) is 27.8 Å². The fourth-order valence-electron chi connectivity index (χ4n) is 2.27. The zero-order valence-electron chi connectivity index (χ0n) is 12.7. The van der Waals surface area contributed by atoms with Crippen LogP contribution in [0.1, 0.15) is 23.0 Å². The second-order valence-electron chi connectivity index (χ2n) is 4.83. The van der Waals surface area contributed by atoms with Crippen LogP contribution in [0, 0.1) is 0 Å². The number of ether oxygens (including phenoxy) is 1. The van der Waals surface area contributed by atoms with E-state index in [1.807, 2.05) is 29.7 Å². The third kappa shape index (κ3) is 3.44. The van der Waals surface area contributed by atoms with Crippen molar-refractivity contribution in [2.24, 2.45) is 0 Å². The molecule has 2 heterocycles. The lowest BCUT2D eigenvalue weighted by Gasteiger charge is -2.10. The zero-order valence-corrected chi connectivity index (χ0v) is 12.7. The Morgan fingerprint density at radius 2 is 2.00 bits per heavy atom. The Morgan fingerprint density at radius 1 is 1.17 bits per heavy atom. The minimum Gasteiger partial charge on any atom is -0.463 e. The van der Waals surface area contributed by atoms with Gasteiger partial charge in [0.05, 0.1) is 29.6 Å². The molecular formula is C17H17NO5. The van der Waals surface area contributed by atoms with E-state index in [9.17, 15) is 4.79 Å². The molecule has 0 saturated heterocycles. The van der Waals surface area contributed by atoms with Gasteiger partial charge >= 0.3 is 5.97 Å². The molecule has 0 saturated carbocycles. The van der Waals surface area contributed by atoms with Crippen LogP contribution in [-0.4, -0.2) is 17.1 Å². The van der Waals surface area contributed by atoms with E-state index in [-0.39, 0.29) is 19.3 Å². The molecule has 0 amide bonds. The maximum atomic E-state index is 12.1. The second-order valence-corrected chi connectivity index (χ2v) is 4.83. The number of carbonyl (C=O) groups is 1. The van der Waals surface area contributed by atoms with E-state index in [0.717, 1.165) is 11.2 Å². The summed E-state index contributed by atoms with van der Waals surface area (Å²) in [6.45, 7) is 2.61. The number of benzene rings is 1. The Labute approximate surface area is 133 Å². The lowest BCUT2D eigenvalue weighted by atomic mass is 10.2. The van der Waals surface area contributed by atoms with Gasteiger partial charge in [-0.25, -0.2) is 14.6 Å². The molecule has 1 aromatic carbocycles. The predicted molar refractivity (Wildman–Crippen MR) is 82.5 cm³/mol. The summed E-state index contributed by atoms with van der Waals surface area (Å²) in [6, 6.07) is 12.5. The molecule has 0 N–H and O–H groups in total. The topological polar surface area (TPSA) is 62.8 Å². The molecule has 3 aromatic rings. The first kappa shape index (κ1) is 15.3. The van der Waals surface area contributed by atoms with Crippen LogP contribution >= 0.6 is 0 Å². The maximum Gasteiger partial charge on any atom is 0.339 e. The highest BCUT2D eigenvalue weighted by atomic mass is 17.2. The zero-order chi connectivity index (χ0) is 16.1. The molecule has 0 aliphatic carbocycles. The molecule has 0 unspecified atom stereocenters.